The number of hydrogen-bond donors (Lipinski definition) is 0. The molecule has 1 aliphatic heterocycles. The molecule has 2 amide bonds. The van der Waals surface area contributed by atoms with Gasteiger partial charge in [0.25, 0.3) is 11.8 Å². The van der Waals surface area contributed by atoms with Crippen LogP contribution in [0.5, 0.6) is 0 Å². The number of rotatable bonds is 4. The number of nitrogens with zero attached hydrogens (tertiary/aromatic N) is 2. The molecule has 0 atom stereocenters. The third-order valence-corrected chi connectivity index (χ3v) is 5.29. The maximum atomic E-state index is 13.4. The van der Waals surface area contributed by atoms with Crippen LogP contribution in [0.4, 0.5) is 11.4 Å². The number of anilines is 2. The van der Waals surface area contributed by atoms with Crippen LogP contribution >= 0.6 is 12.2 Å². The lowest BCUT2D eigenvalue weighted by Gasteiger charge is -2.36. The van der Waals surface area contributed by atoms with Gasteiger partial charge in [-0.2, -0.15) is 0 Å². The smallest absolute Gasteiger partial charge is 0.337 e. The van der Waals surface area contributed by atoms with E-state index in [1.54, 1.807) is 72.8 Å². The number of para-hydroxylation sites is 2. The fraction of sp³-hybridized carbons (Fsp3) is 0.0400. The summed E-state index contributed by atoms with van der Waals surface area (Å²) in [5.74, 6) is -1.50. The largest absolute Gasteiger partial charge is 0.465 e. The molecule has 0 spiro atoms. The van der Waals surface area contributed by atoms with E-state index in [4.69, 9.17) is 17.0 Å². The molecule has 0 aromatic heterocycles. The van der Waals surface area contributed by atoms with Gasteiger partial charge in [0, 0.05) is 0 Å². The highest BCUT2D eigenvalue weighted by atomic mass is 32.1. The van der Waals surface area contributed by atoms with Crippen molar-refractivity contribution in [2.24, 2.45) is 0 Å². The Hall–Kier alpha value is -4.10. The van der Waals surface area contributed by atoms with Crippen molar-refractivity contribution < 1.29 is 19.1 Å². The van der Waals surface area contributed by atoms with E-state index in [1.165, 1.54) is 23.0 Å². The van der Waals surface area contributed by atoms with Gasteiger partial charge in [0.15, 0.2) is 5.11 Å². The fourth-order valence-corrected chi connectivity index (χ4v) is 3.72. The fourth-order valence-electron chi connectivity index (χ4n) is 3.34. The molecular weight excluding hydrogens is 424 g/mol. The molecule has 0 radical (unpaired) electrons. The van der Waals surface area contributed by atoms with Gasteiger partial charge in [-0.05, 0) is 60.3 Å². The van der Waals surface area contributed by atoms with Gasteiger partial charge in [-0.1, -0.05) is 48.5 Å². The molecule has 1 heterocycles. The summed E-state index contributed by atoms with van der Waals surface area (Å²) in [6, 6.07) is 24.3. The van der Waals surface area contributed by atoms with Crippen LogP contribution in [0.15, 0.2) is 90.5 Å². The quantitative estimate of drug-likeness (QED) is 0.262. The standard InChI is InChI=1S/C25H18N2O4S/c1-31-24(30)18-14-12-17(13-15-18)16-21-22(28)26(19-8-4-2-5-9-19)25(32)27(23(21)29)20-10-6-3-7-11-20/h2-16H,1H3. The molecule has 1 saturated heterocycles. The maximum Gasteiger partial charge on any atom is 0.337 e. The van der Waals surface area contributed by atoms with Crippen molar-refractivity contribution in [1.82, 2.24) is 0 Å². The van der Waals surface area contributed by atoms with E-state index in [2.05, 4.69) is 0 Å². The van der Waals surface area contributed by atoms with Crippen molar-refractivity contribution in [2.45, 2.75) is 0 Å². The molecule has 3 aromatic rings. The highest BCUT2D eigenvalue weighted by molar-refractivity contribution is 7.81. The Morgan fingerprint density at radius 1 is 0.781 bits per heavy atom. The van der Waals surface area contributed by atoms with Crippen molar-refractivity contribution >= 4 is 52.6 Å². The first-order chi connectivity index (χ1) is 15.5. The van der Waals surface area contributed by atoms with E-state index in [-0.39, 0.29) is 10.7 Å². The zero-order valence-electron chi connectivity index (χ0n) is 17.1. The Bertz CT molecular complexity index is 1160. The predicted octanol–water partition coefficient (Wildman–Crippen LogP) is 4.22. The average molecular weight is 442 g/mol. The van der Waals surface area contributed by atoms with Crippen LogP contribution in [0.1, 0.15) is 15.9 Å². The van der Waals surface area contributed by atoms with E-state index in [0.29, 0.717) is 22.5 Å². The van der Waals surface area contributed by atoms with Gasteiger partial charge < -0.3 is 4.74 Å². The van der Waals surface area contributed by atoms with Crippen LogP contribution in [-0.2, 0) is 14.3 Å². The molecular formula is C25H18N2O4S. The highest BCUT2D eigenvalue weighted by Gasteiger charge is 2.41. The molecule has 0 saturated carbocycles. The SMILES string of the molecule is COC(=O)c1ccc(C=C2C(=O)N(c3ccccc3)C(=S)N(c3ccccc3)C2=O)cc1. The Morgan fingerprint density at radius 3 is 1.69 bits per heavy atom. The number of carbonyl (C=O) groups is 3. The zero-order chi connectivity index (χ0) is 22.7. The first kappa shape index (κ1) is 21.1. The first-order valence-corrected chi connectivity index (χ1v) is 10.1. The number of amides is 2. The molecule has 1 fully saturated rings. The van der Waals surface area contributed by atoms with Crippen molar-refractivity contribution in [3.8, 4) is 0 Å². The zero-order valence-corrected chi connectivity index (χ0v) is 17.9. The van der Waals surface area contributed by atoms with Gasteiger partial charge in [0.05, 0.1) is 24.0 Å². The summed E-state index contributed by atoms with van der Waals surface area (Å²) in [6.07, 6.45) is 1.50. The second-order valence-corrected chi connectivity index (χ2v) is 7.27. The lowest BCUT2D eigenvalue weighted by Crippen LogP contribution is -2.56. The average Bonchev–Trinajstić information content (AvgIpc) is 2.83. The molecule has 4 rings (SSSR count). The van der Waals surface area contributed by atoms with Gasteiger partial charge in [0.1, 0.15) is 5.57 Å². The van der Waals surface area contributed by atoms with Crippen LogP contribution in [0.3, 0.4) is 0 Å². The van der Waals surface area contributed by atoms with Gasteiger partial charge in [-0.15, -0.1) is 0 Å². The van der Waals surface area contributed by atoms with E-state index in [1.807, 2.05) is 12.1 Å². The van der Waals surface area contributed by atoms with Gasteiger partial charge >= 0.3 is 5.97 Å². The third kappa shape index (κ3) is 3.93. The lowest BCUT2D eigenvalue weighted by molar-refractivity contribution is -0.120. The molecule has 0 unspecified atom stereocenters. The topological polar surface area (TPSA) is 66.9 Å². The van der Waals surface area contributed by atoms with Crippen LogP contribution in [0, 0.1) is 0 Å². The molecule has 1 aliphatic rings. The highest BCUT2D eigenvalue weighted by Crippen LogP contribution is 2.29. The van der Waals surface area contributed by atoms with E-state index in [9.17, 15) is 14.4 Å². The minimum Gasteiger partial charge on any atom is -0.465 e. The summed E-state index contributed by atoms with van der Waals surface area (Å²) in [5.41, 5.74) is 2.03. The van der Waals surface area contributed by atoms with Crippen molar-refractivity contribution in [2.75, 3.05) is 16.9 Å². The molecule has 7 heteroatoms. The first-order valence-electron chi connectivity index (χ1n) is 9.74. The Labute approximate surface area is 190 Å². The van der Waals surface area contributed by atoms with E-state index >= 15 is 0 Å². The van der Waals surface area contributed by atoms with E-state index in [0.717, 1.165) is 0 Å². The van der Waals surface area contributed by atoms with Crippen molar-refractivity contribution in [1.29, 1.82) is 0 Å². The summed E-state index contributed by atoms with van der Waals surface area (Å²) in [6.45, 7) is 0. The Balaban J connectivity index is 1.80. The number of ether oxygens (including phenoxy) is 1. The molecule has 3 aromatic carbocycles. The van der Waals surface area contributed by atoms with Crippen LogP contribution in [-0.4, -0.2) is 30.0 Å². The molecule has 0 N–H and O–H groups in total. The summed E-state index contributed by atoms with van der Waals surface area (Å²) < 4.78 is 4.71. The third-order valence-electron chi connectivity index (χ3n) is 4.92. The minimum absolute atomic E-state index is 0.0443. The molecule has 32 heavy (non-hydrogen) atoms. The van der Waals surface area contributed by atoms with Crippen LogP contribution in [0.25, 0.3) is 6.08 Å². The molecule has 6 nitrogen and oxygen atoms in total. The number of thiocarbonyl (C=S) groups is 1. The maximum absolute atomic E-state index is 13.4. The number of methoxy groups -OCH3 is 1. The second-order valence-electron chi connectivity index (χ2n) is 6.91. The van der Waals surface area contributed by atoms with Gasteiger partial charge in [-0.3, -0.25) is 19.4 Å². The molecule has 0 aliphatic carbocycles. The number of benzene rings is 3. The number of esters is 1. The Kier molecular flexibility index (Phi) is 5.91. The summed E-state index contributed by atoms with van der Waals surface area (Å²) in [7, 11) is 1.30. The lowest BCUT2D eigenvalue weighted by atomic mass is 10.0. The monoisotopic (exact) mass is 442 g/mol. The van der Waals surface area contributed by atoms with Gasteiger partial charge in [0.2, 0.25) is 0 Å². The van der Waals surface area contributed by atoms with Crippen LogP contribution < -0.4 is 9.80 Å². The Morgan fingerprint density at radius 2 is 1.25 bits per heavy atom. The normalized spacial score (nSPS) is 13.9. The summed E-state index contributed by atoms with van der Waals surface area (Å²) in [5, 5.41) is 0.0792. The molecule has 158 valence electrons. The van der Waals surface area contributed by atoms with Crippen LogP contribution in [0.2, 0.25) is 0 Å². The van der Waals surface area contributed by atoms with Crippen molar-refractivity contribution in [3.63, 3.8) is 0 Å². The molecule has 0 bridgehead atoms. The predicted molar refractivity (Wildman–Crippen MR) is 126 cm³/mol. The van der Waals surface area contributed by atoms with Gasteiger partial charge in [-0.25, -0.2) is 4.79 Å². The van der Waals surface area contributed by atoms with Crippen molar-refractivity contribution in [3.05, 3.63) is 102 Å². The summed E-state index contributed by atoms with van der Waals surface area (Å²) >= 11 is 5.57. The second kappa shape index (κ2) is 8.95. The van der Waals surface area contributed by atoms with E-state index < -0.39 is 17.8 Å². The minimum atomic E-state index is -0.518. The number of hydrogen-bond acceptors (Lipinski definition) is 5. The number of carbonyl (C=O) groups excluding carboxylic acids is 3. The summed E-state index contributed by atoms with van der Waals surface area (Å²) in [4.78, 5) is 41.2.